The van der Waals surface area contributed by atoms with Gasteiger partial charge in [0, 0.05) is 48.9 Å². The van der Waals surface area contributed by atoms with E-state index in [-0.39, 0.29) is 5.91 Å². The minimum atomic E-state index is -0.206. The third-order valence-corrected chi connectivity index (χ3v) is 3.66. The number of anilines is 1. The third-order valence-electron chi connectivity index (χ3n) is 3.66. The number of nitrogens with zero attached hydrogens (tertiary/aromatic N) is 6. The Kier molecular flexibility index (Phi) is 5.08. The summed E-state index contributed by atoms with van der Waals surface area (Å²) in [6.07, 6.45) is 14.1. The molecular formula is C17H21N7O. The first-order chi connectivity index (χ1) is 12.2. The van der Waals surface area contributed by atoms with Gasteiger partial charge in [0.15, 0.2) is 0 Å². The fraction of sp³-hybridized carbons (Fsp3) is 0.294. The molecule has 1 amide bonds. The Labute approximate surface area is 145 Å². The summed E-state index contributed by atoms with van der Waals surface area (Å²) in [5, 5.41) is 15.5. The predicted molar refractivity (Wildman–Crippen MR) is 94.8 cm³/mol. The number of aromatic nitrogens is 6. The third kappa shape index (κ3) is 4.43. The highest BCUT2D eigenvalue weighted by Crippen LogP contribution is 2.08. The van der Waals surface area contributed by atoms with Crippen molar-refractivity contribution in [3.05, 3.63) is 54.4 Å². The maximum absolute atomic E-state index is 12.0. The van der Waals surface area contributed by atoms with E-state index in [1.807, 2.05) is 41.8 Å². The molecule has 130 valence electrons. The van der Waals surface area contributed by atoms with Gasteiger partial charge in [-0.05, 0) is 19.9 Å². The molecule has 0 aliphatic heterocycles. The first-order valence-electron chi connectivity index (χ1n) is 8.21. The van der Waals surface area contributed by atoms with Crippen LogP contribution in [0.4, 0.5) is 5.69 Å². The maximum atomic E-state index is 12.0. The number of nitrogens with one attached hydrogen (secondary N) is 1. The molecule has 0 fully saturated rings. The molecule has 8 heteroatoms. The maximum Gasteiger partial charge on any atom is 0.248 e. The molecule has 0 aliphatic rings. The van der Waals surface area contributed by atoms with E-state index in [4.69, 9.17) is 0 Å². The summed E-state index contributed by atoms with van der Waals surface area (Å²) in [5.41, 5.74) is 2.61. The normalized spacial score (nSPS) is 11.3. The second-order valence-electron chi connectivity index (χ2n) is 5.58. The lowest BCUT2D eigenvalue weighted by Crippen LogP contribution is -2.07. The van der Waals surface area contributed by atoms with Crippen LogP contribution in [0.15, 0.2) is 43.3 Å². The topological polar surface area (TPSA) is 82.6 Å². The van der Waals surface area contributed by atoms with Crippen LogP contribution in [-0.2, 0) is 24.4 Å². The van der Waals surface area contributed by atoms with Gasteiger partial charge in [-0.25, -0.2) is 0 Å². The van der Waals surface area contributed by atoms with E-state index in [9.17, 15) is 4.79 Å². The molecule has 0 bridgehead atoms. The molecule has 0 aromatic carbocycles. The fourth-order valence-corrected chi connectivity index (χ4v) is 2.36. The molecule has 3 aromatic rings. The smallest absolute Gasteiger partial charge is 0.248 e. The Bertz CT molecular complexity index is 871. The fourth-order valence-electron chi connectivity index (χ4n) is 2.36. The quantitative estimate of drug-likeness (QED) is 0.668. The first-order valence-corrected chi connectivity index (χ1v) is 8.21. The van der Waals surface area contributed by atoms with Crippen LogP contribution in [0.3, 0.4) is 0 Å². The molecule has 0 atom stereocenters. The van der Waals surface area contributed by atoms with Gasteiger partial charge in [-0.1, -0.05) is 0 Å². The first kappa shape index (κ1) is 16.7. The van der Waals surface area contributed by atoms with Gasteiger partial charge in [0.05, 0.1) is 30.8 Å². The molecule has 8 nitrogen and oxygen atoms in total. The van der Waals surface area contributed by atoms with Crippen LogP contribution < -0.4 is 5.32 Å². The van der Waals surface area contributed by atoms with Crippen LogP contribution in [0.2, 0.25) is 0 Å². The second-order valence-corrected chi connectivity index (χ2v) is 5.58. The van der Waals surface area contributed by atoms with Crippen molar-refractivity contribution in [3.63, 3.8) is 0 Å². The van der Waals surface area contributed by atoms with Crippen molar-refractivity contribution in [1.82, 2.24) is 29.3 Å². The standard InChI is InChI=1S/C17H21N7O/c1-3-22-10-14(7-18-22)5-6-17(25)21-16-9-20-24(13-16)12-15-8-19-23(4-2)11-15/h5-11,13H,3-4,12H2,1-2H3,(H,21,25)/b6-5+. The van der Waals surface area contributed by atoms with Gasteiger partial charge in [-0.2, -0.15) is 15.3 Å². The highest BCUT2D eigenvalue weighted by molar-refractivity contribution is 6.01. The lowest BCUT2D eigenvalue weighted by molar-refractivity contribution is -0.111. The van der Waals surface area contributed by atoms with Crippen LogP contribution in [0.25, 0.3) is 6.08 Å². The Morgan fingerprint density at radius 3 is 2.44 bits per heavy atom. The number of carbonyl (C=O) groups is 1. The lowest BCUT2D eigenvalue weighted by Gasteiger charge is -1.98. The van der Waals surface area contributed by atoms with Gasteiger partial charge in [0.2, 0.25) is 5.91 Å². The van der Waals surface area contributed by atoms with Gasteiger partial charge >= 0.3 is 0 Å². The zero-order valence-electron chi connectivity index (χ0n) is 14.3. The molecule has 0 unspecified atom stereocenters. The van der Waals surface area contributed by atoms with Crippen molar-refractivity contribution >= 4 is 17.7 Å². The zero-order chi connectivity index (χ0) is 17.6. The Balaban J connectivity index is 1.55. The number of amides is 1. The summed E-state index contributed by atoms with van der Waals surface area (Å²) in [6.45, 7) is 6.30. The predicted octanol–water partition coefficient (Wildman–Crippen LogP) is 2.02. The van der Waals surface area contributed by atoms with Crippen molar-refractivity contribution in [2.75, 3.05) is 5.32 Å². The van der Waals surface area contributed by atoms with E-state index in [1.54, 1.807) is 29.3 Å². The summed E-state index contributed by atoms with van der Waals surface area (Å²) in [5.74, 6) is -0.206. The SMILES string of the molecule is CCn1cc(/C=C/C(=O)Nc2cnn(Cc3cnn(CC)c3)c2)cn1. The zero-order valence-corrected chi connectivity index (χ0v) is 14.3. The van der Waals surface area contributed by atoms with Crippen molar-refractivity contribution in [2.45, 2.75) is 33.5 Å². The number of hydrogen-bond acceptors (Lipinski definition) is 4. The van der Waals surface area contributed by atoms with Crippen molar-refractivity contribution in [3.8, 4) is 0 Å². The van der Waals surface area contributed by atoms with Gasteiger partial charge < -0.3 is 5.32 Å². The highest BCUT2D eigenvalue weighted by atomic mass is 16.1. The Morgan fingerprint density at radius 2 is 1.72 bits per heavy atom. The highest BCUT2D eigenvalue weighted by Gasteiger charge is 2.04. The van der Waals surface area contributed by atoms with E-state index >= 15 is 0 Å². The molecule has 0 radical (unpaired) electrons. The van der Waals surface area contributed by atoms with E-state index in [0.717, 1.165) is 24.2 Å². The van der Waals surface area contributed by atoms with Gasteiger partial charge in [0.1, 0.15) is 0 Å². The van der Waals surface area contributed by atoms with Crippen LogP contribution in [0, 0.1) is 0 Å². The molecule has 0 spiro atoms. The molecule has 3 heterocycles. The average Bonchev–Trinajstić information content (AvgIpc) is 3.34. The van der Waals surface area contributed by atoms with Gasteiger partial charge in [0.25, 0.3) is 0 Å². The minimum absolute atomic E-state index is 0.206. The number of hydrogen-bond donors (Lipinski definition) is 1. The van der Waals surface area contributed by atoms with E-state index in [2.05, 4.69) is 20.6 Å². The summed E-state index contributed by atoms with van der Waals surface area (Å²) >= 11 is 0. The van der Waals surface area contributed by atoms with Gasteiger partial charge in [-0.15, -0.1) is 0 Å². The molecule has 3 aromatic heterocycles. The minimum Gasteiger partial charge on any atom is -0.320 e. The number of rotatable bonds is 7. The molecule has 0 saturated heterocycles. The Morgan fingerprint density at radius 1 is 1.00 bits per heavy atom. The van der Waals surface area contributed by atoms with E-state index in [1.165, 1.54) is 6.08 Å². The molecule has 25 heavy (non-hydrogen) atoms. The largest absolute Gasteiger partial charge is 0.320 e. The van der Waals surface area contributed by atoms with E-state index in [0.29, 0.717) is 12.2 Å². The van der Waals surface area contributed by atoms with Crippen molar-refractivity contribution < 1.29 is 4.79 Å². The monoisotopic (exact) mass is 339 g/mol. The van der Waals surface area contributed by atoms with E-state index < -0.39 is 0 Å². The number of aryl methyl sites for hydroxylation is 2. The number of carbonyl (C=O) groups excluding carboxylic acids is 1. The second kappa shape index (κ2) is 7.61. The van der Waals surface area contributed by atoms with Gasteiger partial charge in [-0.3, -0.25) is 18.8 Å². The van der Waals surface area contributed by atoms with Crippen LogP contribution in [0.5, 0.6) is 0 Å². The average molecular weight is 339 g/mol. The molecule has 0 saturated carbocycles. The van der Waals surface area contributed by atoms with Crippen LogP contribution in [0.1, 0.15) is 25.0 Å². The lowest BCUT2D eigenvalue weighted by atomic mass is 10.3. The van der Waals surface area contributed by atoms with Crippen molar-refractivity contribution in [1.29, 1.82) is 0 Å². The molecule has 1 N–H and O–H groups in total. The molecular weight excluding hydrogens is 318 g/mol. The summed E-state index contributed by atoms with van der Waals surface area (Å²) in [4.78, 5) is 12.0. The summed E-state index contributed by atoms with van der Waals surface area (Å²) in [6, 6.07) is 0. The summed E-state index contributed by atoms with van der Waals surface area (Å²) in [7, 11) is 0. The molecule has 3 rings (SSSR count). The van der Waals surface area contributed by atoms with Crippen LogP contribution >= 0.6 is 0 Å². The summed E-state index contributed by atoms with van der Waals surface area (Å²) < 4.78 is 5.44. The van der Waals surface area contributed by atoms with Crippen molar-refractivity contribution in [2.24, 2.45) is 0 Å². The van der Waals surface area contributed by atoms with Crippen LogP contribution in [-0.4, -0.2) is 35.2 Å². The molecule has 0 aliphatic carbocycles. The Hall–Kier alpha value is -3.16.